The van der Waals surface area contributed by atoms with Gasteiger partial charge in [-0.15, -0.1) is 12.3 Å². The van der Waals surface area contributed by atoms with E-state index in [1.807, 2.05) is 24.3 Å². The fourth-order valence-corrected chi connectivity index (χ4v) is 1.53. The second-order valence-electron chi connectivity index (χ2n) is 3.82. The van der Waals surface area contributed by atoms with Crippen LogP contribution in [0.2, 0.25) is 5.02 Å². The van der Waals surface area contributed by atoms with Gasteiger partial charge in [0.2, 0.25) is 0 Å². The van der Waals surface area contributed by atoms with Gasteiger partial charge in [0, 0.05) is 11.4 Å². The lowest BCUT2D eigenvalue weighted by molar-refractivity contribution is 0.266. The van der Waals surface area contributed by atoms with Crippen molar-refractivity contribution in [3.63, 3.8) is 0 Å². The summed E-state index contributed by atoms with van der Waals surface area (Å²) in [5.74, 6) is 3.47. The minimum atomic E-state index is 0.204. The topological polar surface area (TPSA) is 21.3 Å². The van der Waals surface area contributed by atoms with Gasteiger partial charge >= 0.3 is 0 Å². The van der Waals surface area contributed by atoms with Crippen molar-refractivity contribution in [1.82, 2.24) is 5.32 Å². The Morgan fingerprint density at radius 3 is 2.71 bits per heavy atom. The van der Waals surface area contributed by atoms with Crippen molar-refractivity contribution < 1.29 is 4.74 Å². The van der Waals surface area contributed by atoms with E-state index in [4.69, 9.17) is 22.8 Å². The van der Waals surface area contributed by atoms with Crippen LogP contribution in [0.4, 0.5) is 0 Å². The molecule has 1 unspecified atom stereocenters. The molecule has 3 heteroatoms. The standard InChI is InChI=1S/C14H18ClNO/c1-3-5-13(16-10-4-2)11-17-14-8-6-12(15)7-9-14/h1,6-9,13,16H,4-5,10-11H2,2H3. The highest BCUT2D eigenvalue weighted by atomic mass is 35.5. The average Bonchev–Trinajstić information content (AvgIpc) is 2.35. The number of terminal acetylenes is 1. The van der Waals surface area contributed by atoms with Crippen molar-refractivity contribution in [3.8, 4) is 18.1 Å². The van der Waals surface area contributed by atoms with E-state index in [0.29, 0.717) is 18.1 Å². The molecule has 1 rings (SSSR count). The lowest BCUT2D eigenvalue weighted by atomic mass is 10.2. The summed E-state index contributed by atoms with van der Waals surface area (Å²) in [4.78, 5) is 0. The number of hydrogen-bond donors (Lipinski definition) is 1. The number of hydrogen-bond acceptors (Lipinski definition) is 2. The maximum atomic E-state index is 5.80. The van der Waals surface area contributed by atoms with E-state index in [2.05, 4.69) is 18.2 Å². The molecule has 0 bridgehead atoms. The van der Waals surface area contributed by atoms with Gasteiger partial charge in [-0.2, -0.15) is 0 Å². The molecule has 0 aromatic heterocycles. The van der Waals surface area contributed by atoms with Crippen molar-refractivity contribution in [3.05, 3.63) is 29.3 Å². The zero-order valence-electron chi connectivity index (χ0n) is 10.1. The number of rotatable bonds is 7. The Labute approximate surface area is 108 Å². The van der Waals surface area contributed by atoms with Crippen molar-refractivity contribution in [1.29, 1.82) is 0 Å². The molecule has 0 aliphatic rings. The molecule has 0 amide bonds. The molecule has 0 fully saturated rings. The lowest BCUT2D eigenvalue weighted by Crippen LogP contribution is -2.34. The van der Waals surface area contributed by atoms with E-state index < -0.39 is 0 Å². The highest BCUT2D eigenvalue weighted by Crippen LogP contribution is 2.15. The fourth-order valence-electron chi connectivity index (χ4n) is 1.41. The summed E-state index contributed by atoms with van der Waals surface area (Å²) in [6, 6.07) is 7.54. The Hall–Kier alpha value is -1.17. The van der Waals surface area contributed by atoms with E-state index in [9.17, 15) is 0 Å². The predicted octanol–water partition coefficient (Wildman–Crippen LogP) is 3.11. The smallest absolute Gasteiger partial charge is 0.119 e. The first-order valence-electron chi connectivity index (χ1n) is 5.81. The van der Waals surface area contributed by atoms with Crippen molar-refractivity contribution >= 4 is 11.6 Å². The largest absolute Gasteiger partial charge is 0.492 e. The van der Waals surface area contributed by atoms with Gasteiger partial charge in [-0.25, -0.2) is 0 Å². The maximum absolute atomic E-state index is 5.80. The van der Waals surface area contributed by atoms with Crippen molar-refractivity contribution in [2.24, 2.45) is 0 Å². The van der Waals surface area contributed by atoms with E-state index >= 15 is 0 Å². The highest BCUT2D eigenvalue weighted by molar-refractivity contribution is 6.30. The van der Waals surface area contributed by atoms with Crippen LogP contribution in [-0.4, -0.2) is 19.2 Å². The van der Waals surface area contributed by atoms with E-state index in [0.717, 1.165) is 18.7 Å². The Morgan fingerprint density at radius 2 is 2.12 bits per heavy atom. The average molecular weight is 252 g/mol. The molecule has 1 atom stereocenters. The summed E-state index contributed by atoms with van der Waals surface area (Å²) in [7, 11) is 0. The van der Waals surface area contributed by atoms with Crippen LogP contribution < -0.4 is 10.1 Å². The third-order valence-corrected chi connectivity index (χ3v) is 2.56. The first-order chi connectivity index (χ1) is 8.26. The van der Waals surface area contributed by atoms with E-state index in [1.165, 1.54) is 0 Å². The first-order valence-corrected chi connectivity index (χ1v) is 6.19. The molecule has 17 heavy (non-hydrogen) atoms. The molecule has 0 heterocycles. The molecule has 0 saturated heterocycles. The third kappa shape index (κ3) is 5.63. The van der Waals surface area contributed by atoms with Crippen molar-refractivity contribution in [2.45, 2.75) is 25.8 Å². The van der Waals surface area contributed by atoms with Crippen LogP contribution in [0.25, 0.3) is 0 Å². The molecule has 2 nitrogen and oxygen atoms in total. The molecular weight excluding hydrogens is 234 g/mol. The van der Waals surface area contributed by atoms with Gasteiger partial charge in [0.25, 0.3) is 0 Å². The number of nitrogens with one attached hydrogen (secondary N) is 1. The van der Waals surface area contributed by atoms with Crippen LogP contribution in [0.15, 0.2) is 24.3 Å². The summed E-state index contributed by atoms with van der Waals surface area (Å²) >= 11 is 5.80. The highest BCUT2D eigenvalue weighted by Gasteiger charge is 2.06. The summed E-state index contributed by atoms with van der Waals surface area (Å²) in [5.41, 5.74) is 0. The van der Waals surface area contributed by atoms with Crippen LogP contribution in [0.5, 0.6) is 5.75 Å². The first kappa shape index (κ1) is 13.9. The predicted molar refractivity (Wildman–Crippen MR) is 72.5 cm³/mol. The summed E-state index contributed by atoms with van der Waals surface area (Å²) < 4.78 is 5.66. The Kier molecular flexibility index (Phi) is 6.54. The molecule has 0 radical (unpaired) electrons. The second-order valence-corrected chi connectivity index (χ2v) is 4.26. The maximum Gasteiger partial charge on any atom is 0.119 e. The molecule has 1 N–H and O–H groups in total. The number of benzene rings is 1. The van der Waals surface area contributed by atoms with Crippen LogP contribution in [0.1, 0.15) is 19.8 Å². The Balaban J connectivity index is 2.40. The number of halogens is 1. The van der Waals surface area contributed by atoms with Crippen molar-refractivity contribution in [2.75, 3.05) is 13.2 Å². The van der Waals surface area contributed by atoms with Gasteiger partial charge < -0.3 is 10.1 Å². The molecular formula is C14H18ClNO. The summed E-state index contributed by atoms with van der Waals surface area (Å²) in [6.07, 6.45) is 7.09. The SMILES string of the molecule is C#CCC(COc1ccc(Cl)cc1)NCCC. The van der Waals surface area contributed by atoms with Crippen LogP contribution in [0, 0.1) is 12.3 Å². The van der Waals surface area contributed by atoms with Gasteiger partial charge in [-0.3, -0.25) is 0 Å². The van der Waals surface area contributed by atoms with Gasteiger partial charge in [0.05, 0.1) is 6.04 Å². The zero-order valence-corrected chi connectivity index (χ0v) is 10.8. The minimum absolute atomic E-state index is 0.204. The lowest BCUT2D eigenvalue weighted by Gasteiger charge is -2.16. The van der Waals surface area contributed by atoms with Crippen LogP contribution in [0.3, 0.4) is 0 Å². The monoisotopic (exact) mass is 251 g/mol. The minimum Gasteiger partial charge on any atom is -0.492 e. The molecule has 0 aliphatic heterocycles. The zero-order chi connectivity index (χ0) is 12.5. The molecule has 1 aromatic rings. The van der Waals surface area contributed by atoms with Crippen LogP contribution in [-0.2, 0) is 0 Å². The molecule has 1 aromatic carbocycles. The quantitative estimate of drug-likeness (QED) is 0.752. The summed E-state index contributed by atoms with van der Waals surface area (Å²) in [6.45, 7) is 3.65. The van der Waals surface area contributed by atoms with Gasteiger partial charge in [0.15, 0.2) is 0 Å². The fraction of sp³-hybridized carbons (Fsp3) is 0.429. The van der Waals surface area contributed by atoms with E-state index in [1.54, 1.807) is 0 Å². The van der Waals surface area contributed by atoms with E-state index in [-0.39, 0.29) is 6.04 Å². The molecule has 92 valence electrons. The molecule has 0 saturated carbocycles. The van der Waals surface area contributed by atoms with Gasteiger partial charge in [-0.05, 0) is 37.2 Å². The third-order valence-electron chi connectivity index (χ3n) is 2.31. The number of ether oxygens (including phenoxy) is 1. The summed E-state index contributed by atoms with van der Waals surface area (Å²) in [5, 5.41) is 4.07. The van der Waals surface area contributed by atoms with Crippen LogP contribution >= 0.6 is 11.6 Å². The normalized spacial score (nSPS) is 11.8. The Bertz CT molecular complexity index is 355. The second kappa shape index (κ2) is 8.00. The van der Waals surface area contributed by atoms with Gasteiger partial charge in [-0.1, -0.05) is 18.5 Å². The Morgan fingerprint density at radius 1 is 1.41 bits per heavy atom. The molecule has 0 spiro atoms. The van der Waals surface area contributed by atoms with Gasteiger partial charge in [0.1, 0.15) is 12.4 Å². The molecule has 0 aliphatic carbocycles.